The number of fused-ring (bicyclic) bond motifs is 1. The largest absolute Gasteiger partial charge is 0.264 e. The van der Waals surface area contributed by atoms with Gasteiger partial charge in [-0.2, -0.15) is 5.26 Å². The molecule has 0 spiro atoms. The molecule has 112 valence electrons. The van der Waals surface area contributed by atoms with Crippen molar-refractivity contribution in [1.29, 1.82) is 5.26 Å². The topological polar surface area (TPSA) is 61.2 Å². The fourth-order valence-corrected chi connectivity index (χ4v) is 4.25. The zero-order chi connectivity index (χ0) is 15.7. The van der Waals surface area contributed by atoms with Gasteiger partial charge < -0.3 is 0 Å². The van der Waals surface area contributed by atoms with E-state index < -0.39 is 15.8 Å². The van der Waals surface area contributed by atoms with Crippen molar-refractivity contribution < 1.29 is 12.8 Å². The van der Waals surface area contributed by atoms with E-state index in [9.17, 15) is 12.8 Å². The Bertz CT molecular complexity index is 872. The first kappa shape index (κ1) is 14.5. The lowest BCUT2D eigenvalue weighted by atomic mass is 10.0. The van der Waals surface area contributed by atoms with Crippen LogP contribution in [0.4, 0.5) is 10.1 Å². The molecule has 0 aliphatic carbocycles. The predicted molar refractivity (Wildman–Crippen MR) is 80.4 cm³/mol. The maximum atomic E-state index is 14.2. The summed E-state index contributed by atoms with van der Waals surface area (Å²) in [6, 6.07) is 12.3. The van der Waals surface area contributed by atoms with E-state index >= 15 is 0 Å². The second-order valence-corrected chi connectivity index (χ2v) is 6.93. The number of sulfonamides is 1. The third kappa shape index (κ3) is 2.34. The van der Waals surface area contributed by atoms with E-state index in [4.69, 9.17) is 5.26 Å². The second kappa shape index (κ2) is 5.43. The van der Waals surface area contributed by atoms with Gasteiger partial charge in [-0.3, -0.25) is 4.31 Å². The number of para-hydroxylation sites is 1. The number of benzene rings is 2. The van der Waals surface area contributed by atoms with Crippen molar-refractivity contribution in [2.45, 2.75) is 17.7 Å². The number of nitrogens with zero attached hydrogens (tertiary/aromatic N) is 2. The molecule has 2 aromatic rings. The third-order valence-corrected chi connectivity index (χ3v) is 5.47. The van der Waals surface area contributed by atoms with Crippen molar-refractivity contribution in [2.75, 3.05) is 10.8 Å². The van der Waals surface area contributed by atoms with E-state index in [2.05, 4.69) is 0 Å². The molecule has 0 saturated carbocycles. The SMILES string of the molecule is N#Cc1cccc(S(=O)(=O)N2CCCc3cccc(F)c32)c1. The summed E-state index contributed by atoms with van der Waals surface area (Å²) in [4.78, 5) is 0.00246. The van der Waals surface area contributed by atoms with Crippen LogP contribution in [0, 0.1) is 17.1 Å². The number of aryl methyl sites for hydroxylation is 1. The molecule has 1 heterocycles. The van der Waals surface area contributed by atoms with E-state index in [0.29, 0.717) is 18.4 Å². The maximum Gasteiger partial charge on any atom is 0.264 e. The van der Waals surface area contributed by atoms with E-state index in [1.54, 1.807) is 12.1 Å². The van der Waals surface area contributed by atoms with Crippen LogP contribution in [0.3, 0.4) is 0 Å². The second-order valence-electron chi connectivity index (χ2n) is 5.07. The molecular formula is C16H13FN2O2S. The summed E-state index contributed by atoms with van der Waals surface area (Å²) in [5.41, 5.74) is 1.06. The minimum atomic E-state index is -3.89. The van der Waals surface area contributed by atoms with Crippen LogP contribution in [0.2, 0.25) is 0 Å². The molecule has 6 heteroatoms. The Kier molecular flexibility index (Phi) is 3.59. The number of nitriles is 1. The highest BCUT2D eigenvalue weighted by Gasteiger charge is 2.31. The quantitative estimate of drug-likeness (QED) is 0.856. The molecule has 22 heavy (non-hydrogen) atoms. The minimum absolute atomic E-state index is 0.00246. The molecule has 0 fully saturated rings. The van der Waals surface area contributed by atoms with E-state index in [1.165, 1.54) is 30.3 Å². The molecule has 0 atom stereocenters. The van der Waals surface area contributed by atoms with Gasteiger partial charge in [0.1, 0.15) is 5.82 Å². The van der Waals surface area contributed by atoms with Crippen LogP contribution < -0.4 is 4.31 Å². The standard InChI is InChI=1S/C16H13FN2O2S/c17-15-8-2-5-13-6-3-9-19(16(13)15)22(20,21)14-7-1-4-12(10-14)11-18/h1-2,4-5,7-8,10H,3,6,9H2. The molecule has 0 N–H and O–H groups in total. The molecule has 0 unspecified atom stereocenters. The lowest BCUT2D eigenvalue weighted by Gasteiger charge is -2.30. The highest BCUT2D eigenvalue weighted by atomic mass is 32.2. The number of hydrogen-bond donors (Lipinski definition) is 0. The average molecular weight is 316 g/mol. The summed E-state index contributed by atoms with van der Waals surface area (Å²) >= 11 is 0. The highest BCUT2D eigenvalue weighted by Crippen LogP contribution is 2.34. The van der Waals surface area contributed by atoms with Gasteiger partial charge in [-0.25, -0.2) is 12.8 Å². The van der Waals surface area contributed by atoms with Crippen LogP contribution in [0.1, 0.15) is 17.5 Å². The lowest BCUT2D eigenvalue weighted by Crippen LogP contribution is -2.36. The Labute approximate surface area is 128 Å². The average Bonchev–Trinajstić information content (AvgIpc) is 2.54. The van der Waals surface area contributed by atoms with Crippen LogP contribution in [0.5, 0.6) is 0 Å². The predicted octanol–water partition coefficient (Wildman–Crippen LogP) is 2.84. The number of hydrogen-bond acceptors (Lipinski definition) is 3. The summed E-state index contributed by atoms with van der Waals surface area (Å²) in [5, 5.41) is 8.92. The molecule has 1 aliphatic rings. The van der Waals surface area contributed by atoms with Crippen LogP contribution in [-0.2, 0) is 16.4 Å². The molecular weight excluding hydrogens is 303 g/mol. The molecule has 0 amide bonds. The van der Waals surface area contributed by atoms with Crippen molar-refractivity contribution in [1.82, 2.24) is 0 Å². The smallest absolute Gasteiger partial charge is 0.263 e. The summed E-state index contributed by atoms with van der Waals surface area (Å²) in [6.07, 6.45) is 1.28. The number of anilines is 1. The third-order valence-electron chi connectivity index (χ3n) is 3.68. The number of rotatable bonds is 2. The zero-order valence-corrected chi connectivity index (χ0v) is 12.5. The van der Waals surface area contributed by atoms with Gasteiger partial charge in [0.05, 0.1) is 22.2 Å². The Morgan fingerprint density at radius 3 is 2.73 bits per heavy atom. The maximum absolute atomic E-state index is 14.2. The van der Waals surface area contributed by atoms with Gasteiger partial charge in [0.25, 0.3) is 10.0 Å². The first-order valence-corrected chi connectivity index (χ1v) is 8.28. The molecule has 2 aromatic carbocycles. The molecule has 0 saturated heterocycles. The Balaban J connectivity index is 2.14. The fourth-order valence-electron chi connectivity index (χ4n) is 2.66. The van der Waals surface area contributed by atoms with Crippen molar-refractivity contribution >= 4 is 15.7 Å². The van der Waals surface area contributed by atoms with Gasteiger partial charge in [0, 0.05) is 6.54 Å². The van der Waals surface area contributed by atoms with Crippen LogP contribution >= 0.6 is 0 Å². The molecule has 3 rings (SSSR count). The van der Waals surface area contributed by atoms with Crippen LogP contribution in [0.15, 0.2) is 47.4 Å². The first-order valence-electron chi connectivity index (χ1n) is 6.84. The van der Waals surface area contributed by atoms with Crippen molar-refractivity contribution in [3.63, 3.8) is 0 Å². The van der Waals surface area contributed by atoms with Crippen molar-refractivity contribution in [3.05, 3.63) is 59.4 Å². The Morgan fingerprint density at radius 2 is 1.95 bits per heavy atom. The molecule has 0 radical (unpaired) electrons. The van der Waals surface area contributed by atoms with E-state index in [-0.39, 0.29) is 22.7 Å². The van der Waals surface area contributed by atoms with Gasteiger partial charge in [-0.05, 0) is 42.7 Å². The van der Waals surface area contributed by atoms with Crippen molar-refractivity contribution in [3.8, 4) is 6.07 Å². The van der Waals surface area contributed by atoms with Gasteiger partial charge in [0.15, 0.2) is 0 Å². The summed E-state index contributed by atoms with van der Waals surface area (Å²) < 4.78 is 40.9. The van der Waals surface area contributed by atoms with Crippen LogP contribution in [-0.4, -0.2) is 15.0 Å². The lowest BCUT2D eigenvalue weighted by molar-refractivity contribution is 0.577. The van der Waals surface area contributed by atoms with Crippen LogP contribution in [0.25, 0.3) is 0 Å². The van der Waals surface area contributed by atoms with E-state index in [0.717, 1.165) is 4.31 Å². The fraction of sp³-hybridized carbons (Fsp3) is 0.188. The van der Waals surface area contributed by atoms with Gasteiger partial charge in [0.2, 0.25) is 0 Å². The normalized spacial score (nSPS) is 14.3. The van der Waals surface area contributed by atoms with Gasteiger partial charge in [-0.1, -0.05) is 18.2 Å². The Morgan fingerprint density at radius 1 is 1.18 bits per heavy atom. The summed E-state index contributed by atoms with van der Waals surface area (Å²) in [7, 11) is -3.89. The van der Waals surface area contributed by atoms with Gasteiger partial charge >= 0.3 is 0 Å². The van der Waals surface area contributed by atoms with E-state index in [1.807, 2.05) is 6.07 Å². The monoisotopic (exact) mass is 316 g/mol. The summed E-state index contributed by atoms with van der Waals surface area (Å²) in [6.45, 7) is 0.229. The highest BCUT2D eigenvalue weighted by molar-refractivity contribution is 7.92. The van der Waals surface area contributed by atoms with Crippen molar-refractivity contribution in [2.24, 2.45) is 0 Å². The van der Waals surface area contributed by atoms with Gasteiger partial charge in [-0.15, -0.1) is 0 Å². The molecule has 1 aliphatic heterocycles. The molecule has 4 nitrogen and oxygen atoms in total. The number of halogens is 1. The summed E-state index contributed by atoms with van der Waals surface area (Å²) in [5.74, 6) is -0.544. The molecule has 0 aromatic heterocycles. The molecule has 0 bridgehead atoms. The zero-order valence-electron chi connectivity index (χ0n) is 11.7. The Hall–Kier alpha value is -2.39. The minimum Gasteiger partial charge on any atom is -0.263 e. The first-order chi connectivity index (χ1) is 10.5.